The number of methoxy groups -OCH3 is 1. The van der Waals surface area contributed by atoms with E-state index < -0.39 is 6.09 Å². The van der Waals surface area contributed by atoms with Gasteiger partial charge in [-0.05, 0) is 22.9 Å². The highest BCUT2D eigenvalue weighted by Gasteiger charge is 2.27. The highest BCUT2D eigenvalue weighted by molar-refractivity contribution is 9.10. The van der Waals surface area contributed by atoms with E-state index >= 15 is 0 Å². The first-order valence-corrected chi connectivity index (χ1v) is 6.76. The second kappa shape index (κ2) is 5.64. The smallest absolute Gasteiger partial charge is 0.407 e. The number of rotatable bonds is 2. The van der Waals surface area contributed by atoms with Crippen LogP contribution in [0.25, 0.3) is 0 Å². The number of carbonyl (C=O) groups is 1. The number of nitrogens with zero attached hydrogens (tertiary/aromatic N) is 3. The lowest BCUT2D eigenvalue weighted by molar-refractivity contribution is 0.136. The van der Waals surface area contributed by atoms with E-state index in [1.54, 1.807) is 13.3 Å². The number of carboxylic acid groups (broad SMARTS) is 1. The summed E-state index contributed by atoms with van der Waals surface area (Å²) in [6, 6.07) is 1.94. The number of anilines is 1. The molecule has 0 aliphatic carbocycles. The highest BCUT2D eigenvalue weighted by atomic mass is 79.9. The van der Waals surface area contributed by atoms with Gasteiger partial charge in [-0.3, -0.25) is 0 Å². The Kier molecular flexibility index (Phi) is 4.14. The van der Waals surface area contributed by atoms with Crippen molar-refractivity contribution < 1.29 is 14.6 Å². The predicted molar refractivity (Wildman–Crippen MR) is 74.9 cm³/mol. The number of hydrogen-bond acceptors (Lipinski definition) is 4. The van der Waals surface area contributed by atoms with Gasteiger partial charge in [-0.15, -0.1) is 0 Å². The first kappa shape index (κ1) is 13.9. The van der Waals surface area contributed by atoms with E-state index in [1.165, 1.54) is 4.90 Å². The molecule has 0 aromatic carbocycles. The molecule has 19 heavy (non-hydrogen) atoms. The van der Waals surface area contributed by atoms with Crippen LogP contribution in [0.5, 0.6) is 5.75 Å². The minimum absolute atomic E-state index is 0.0863. The molecule has 1 aliphatic rings. The monoisotopic (exact) mass is 329 g/mol. The van der Waals surface area contributed by atoms with Gasteiger partial charge in [0.2, 0.25) is 0 Å². The van der Waals surface area contributed by atoms with E-state index in [4.69, 9.17) is 9.84 Å². The van der Waals surface area contributed by atoms with Gasteiger partial charge in [0.1, 0.15) is 11.6 Å². The van der Waals surface area contributed by atoms with Crippen LogP contribution in [0.3, 0.4) is 0 Å². The molecule has 0 radical (unpaired) electrons. The van der Waals surface area contributed by atoms with Crippen LogP contribution in [-0.2, 0) is 0 Å². The molecule has 1 atom stereocenters. The van der Waals surface area contributed by atoms with Crippen molar-refractivity contribution in [2.45, 2.75) is 13.0 Å². The van der Waals surface area contributed by atoms with Crippen molar-refractivity contribution in [1.82, 2.24) is 9.88 Å². The van der Waals surface area contributed by atoms with Crippen LogP contribution < -0.4 is 9.64 Å². The van der Waals surface area contributed by atoms with E-state index in [9.17, 15) is 4.79 Å². The number of pyridine rings is 1. The molecule has 7 heteroatoms. The van der Waals surface area contributed by atoms with Crippen LogP contribution in [0.15, 0.2) is 16.7 Å². The molecular weight excluding hydrogens is 314 g/mol. The summed E-state index contributed by atoms with van der Waals surface area (Å²) in [5, 5.41) is 9.00. The molecule has 104 valence electrons. The summed E-state index contributed by atoms with van der Waals surface area (Å²) in [5.41, 5.74) is 0. The Morgan fingerprint density at radius 1 is 1.58 bits per heavy atom. The van der Waals surface area contributed by atoms with Crippen molar-refractivity contribution in [3.05, 3.63) is 16.7 Å². The molecule has 1 aromatic rings. The van der Waals surface area contributed by atoms with E-state index in [0.717, 1.165) is 16.0 Å². The summed E-state index contributed by atoms with van der Waals surface area (Å²) >= 11 is 3.37. The van der Waals surface area contributed by atoms with Crippen molar-refractivity contribution in [2.75, 3.05) is 31.6 Å². The molecular formula is C12H16BrN3O3. The molecule has 1 N–H and O–H groups in total. The van der Waals surface area contributed by atoms with Gasteiger partial charge in [-0.25, -0.2) is 9.78 Å². The second-order valence-electron chi connectivity index (χ2n) is 4.45. The van der Waals surface area contributed by atoms with Gasteiger partial charge in [0.25, 0.3) is 0 Å². The van der Waals surface area contributed by atoms with E-state index in [2.05, 4.69) is 25.8 Å². The summed E-state index contributed by atoms with van der Waals surface area (Å²) in [6.45, 7) is 3.59. The Labute approximate surface area is 120 Å². The molecule has 1 fully saturated rings. The Hall–Kier alpha value is -1.50. The van der Waals surface area contributed by atoms with Crippen LogP contribution in [0.2, 0.25) is 0 Å². The van der Waals surface area contributed by atoms with Crippen molar-refractivity contribution in [3.8, 4) is 5.75 Å². The van der Waals surface area contributed by atoms with Crippen molar-refractivity contribution in [2.24, 2.45) is 0 Å². The zero-order valence-electron chi connectivity index (χ0n) is 10.8. The molecule has 2 heterocycles. The average Bonchev–Trinajstić information content (AvgIpc) is 2.39. The molecule has 0 saturated carbocycles. The van der Waals surface area contributed by atoms with Crippen LogP contribution in [-0.4, -0.2) is 53.9 Å². The molecule has 0 bridgehead atoms. The van der Waals surface area contributed by atoms with Crippen LogP contribution in [0.4, 0.5) is 10.6 Å². The Morgan fingerprint density at radius 2 is 2.32 bits per heavy atom. The maximum absolute atomic E-state index is 11.0. The summed E-state index contributed by atoms with van der Waals surface area (Å²) in [6.07, 6.45) is 0.831. The van der Waals surface area contributed by atoms with E-state index in [-0.39, 0.29) is 6.04 Å². The first-order valence-electron chi connectivity index (χ1n) is 5.97. The second-order valence-corrected chi connectivity index (χ2v) is 5.30. The van der Waals surface area contributed by atoms with Gasteiger partial charge >= 0.3 is 6.09 Å². The lowest BCUT2D eigenvalue weighted by Gasteiger charge is -2.39. The Balaban J connectivity index is 2.17. The largest absolute Gasteiger partial charge is 0.495 e. The van der Waals surface area contributed by atoms with Gasteiger partial charge in [-0.2, -0.15) is 0 Å². The topological polar surface area (TPSA) is 65.9 Å². The van der Waals surface area contributed by atoms with Gasteiger partial charge in [0, 0.05) is 37.9 Å². The third kappa shape index (κ3) is 2.91. The van der Waals surface area contributed by atoms with E-state index in [1.807, 2.05) is 13.0 Å². The SMILES string of the molecule is COc1cc(N2CCN(C(=O)O)CC2C)ncc1Br. The van der Waals surface area contributed by atoms with Crippen LogP contribution >= 0.6 is 15.9 Å². The predicted octanol–water partition coefficient (Wildman–Crippen LogP) is 2.04. The maximum Gasteiger partial charge on any atom is 0.407 e. The fourth-order valence-corrected chi connectivity index (χ4v) is 2.57. The third-order valence-electron chi connectivity index (χ3n) is 3.22. The van der Waals surface area contributed by atoms with Crippen LogP contribution in [0.1, 0.15) is 6.92 Å². The van der Waals surface area contributed by atoms with Crippen molar-refractivity contribution >= 4 is 27.8 Å². The number of aromatic nitrogens is 1. The number of ether oxygens (including phenoxy) is 1. The fourth-order valence-electron chi connectivity index (χ4n) is 2.20. The third-order valence-corrected chi connectivity index (χ3v) is 3.81. The number of halogens is 1. The lowest BCUT2D eigenvalue weighted by Crippen LogP contribution is -2.53. The Morgan fingerprint density at radius 3 is 2.89 bits per heavy atom. The molecule has 1 aliphatic heterocycles. The van der Waals surface area contributed by atoms with Gasteiger partial charge in [0.15, 0.2) is 0 Å². The zero-order chi connectivity index (χ0) is 14.0. The highest BCUT2D eigenvalue weighted by Crippen LogP contribution is 2.29. The molecule has 6 nitrogen and oxygen atoms in total. The quantitative estimate of drug-likeness (QED) is 0.899. The van der Waals surface area contributed by atoms with E-state index in [0.29, 0.717) is 19.6 Å². The van der Waals surface area contributed by atoms with Gasteiger partial charge in [0.05, 0.1) is 11.6 Å². The minimum Gasteiger partial charge on any atom is -0.495 e. The Bertz CT molecular complexity index is 483. The average molecular weight is 330 g/mol. The first-order chi connectivity index (χ1) is 9.02. The fraction of sp³-hybridized carbons (Fsp3) is 0.500. The molecule has 1 amide bonds. The van der Waals surface area contributed by atoms with Crippen LogP contribution in [0, 0.1) is 0 Å². The summed E-state index contributed by atoms with van der Waals surface area (Å²) in [7, 11) is 1.61. The maximum atomic E-state index is 11.0. The number of amides is 1. The summed E-state index contributed by atoms with van der Waals surface area (Å²) in [4.78, 5) is 18.8. The summed E-state index contributed by atoms with van der Waals surface area (Å²) in [5.74, 6) is 1.52. The van der Waals surface area contributed by atoms with Crippen molar-refractivity contribution in [3.63, 3.8) is 0 Å². The molecule has 1 saturated heterocycles. The minimum atomic E-state index is -0.868. The lowest BCUT2D eigenvalue weighted by atomic mass is 10.2. The molecule has 2 rings (SSSR count). The molecule has 1 aromatic heterocycles. The van der Waals surface area contributed by atoms with Gasteiger partial charge < -0.3 is 19.6 Å². The standard InChI is InChI=1S/C12H16BrN3O3/c1-8-7-15(12(17)18)3-4-16(8)11-5-10(19-2)9(13)6-14-11/h5-6,8H,3-4,7H2,1-2H3,(H,17,18). The number of hydrogen-bond donors (Lipinski definition) is 1. The number of piperazine rings is 1. The molecule has 0 spiro atoms. The zero-order valence-corrected chi connectivity index (χ0v) is 12.4. The van der Waals surface area contributed by atoms with Gasteiger partial charge in [-0.1, -0.05) is 0 Å². The normalized spacial score (nSPS) is 19.4. The molecule has 1 unspecified atom stereocenters. The van der Waals surface area contributed by atoms with Crippen molar-refractivity contribution in [1.29, 1.82) is 0 Å². The summed E-state index contributed by atoms with van der Waals surface area (Å²) < 4.78 is 6.05.